The van der Waals surface area contributed by atoms with Gasteiger partial charge in [-0.25, -0.2) is 0 Å². The van der Waals surface area contributed by atoms with Crippen molar-refractivity contribution in [1.29, 1.82) is 0 Å². The second kappa shape index (κ2) is 2.78. The molecule has 4 atom stereocenters. The van der Waals surface area contributed by atoms with Crippen LogP contribution in [0.3, 0.4) is 0 Å². The highest BCUT2D eigenvalue weighted by Crippen LogP contribution is 2.46. The average molecular weight is 153 g/mol. The van der Waals surface area contributed by atoms with Crippen LogP contribution in [-0.2, 0) is 0 Å². The Hall–Kier alpha value is -0.0400. The Kier molecular flexibility index (Phi) is 1.92. The van der Waals surface area contributed by atoms with Gasteiger partial charge in [0.2, 0.25) is 0 Å². The van der Waals surface area contributed by atoms with Crippen LogP contribution < -0.4 is 5.73 Å². The molecule has 0 radical (unpaired) electrons. The van der Waals surface area contributed by atoms with Crippen molar-refractivity contribution in [3.05, 3.63) is 0 Å². The summed E-state index contributed by atoms with van der Waals surface area (Å²) >= 11 is 0. The molecule has 0 amide bonds. The molecule has 0 saturated heterocycles. The lowest BCUT2D eigenvalue weighted by atomic mass is 9.60. The highest BCUT2D eigenvalue weighted by Gasteiger charge is 2.44. The first kappa shape index (κ1) is 7.60. The summed E-state index contributed by atoms with van der Waals surface area (Å²) in [6, 6.07) is 0.540. The van der Waals surface area contributed by atoms with E-state index in [9.17, 15) is 0 Å². The third kappa shape index (κ3) is 1.10. The molecular formula is C10H19N. The van der Waals surface area contributed by atoms with Crippen molar-refractivity contribution in [2.45, 2.75) is 45.1 Å². The molecule has 2 aliphatic rings. The molecule has 0 aliphatic heterocycles. The standard InChI is InChI=1S/C10H19N/c1-7-8-5-3-2-4-6-9(8)10(7)11/h7-10H,2-6,11H2,1H3. The van der Waals surface area contributed by atoms with Gasteiger partial charge in [0.15, 0.2) is 0 Å². The lowest BCUT2D eigenvalue weighted by molar-refractivity contribution is 0.0434. The van der Waals surface area contributed by atoms with E-state index < -0.39 is 0 Å². The summed E-state index contributed by atoms with van der Waals surface area (Å²) in [6.07, 6.45) is 7.21. The van der Waals surface area contributed by atoms with Gasteiger partial charge in [-0.1, -0.05) is 26.2 Å². The number of nitrogens with two attached hydrogens (primary N) is 1. The monoisotopic (exact) mass is 153 g/mol. The number of hydrogen-bond donors (Lipinski definition) is 1. The molecule has 0 aromatic heterocycles. The molecule has 2 saturated carbocycles. The summed E-state index contributed by atoms with van der Waals surface area (Å²) in [7, 11) is 0. The first-order chi connectivity index (χ1) is 5.30. The zero-order valence-electron chi connectivity index (χ0n) is 7.42. The van der Waals surface area contributed by atoms with E-state index in [1.54, 1.807) is 0 Å². The summed E-state index contributed by atoms with van der Waals surface area (Å²) in [5.41, 5.74) is 6.05. The molecule has 64 valence electrons. The molecule has 0 spiro atoms. The van der Waals surface area contributed by atoms with Gasteiger partial charge in [-0.15, -0.1) is 0 Å². The minimum absolute atomic E-state index is 0.540. The van der Waals surface area contributed by atoms with Gasteiger partial charge in [0.1, 0.15) is 0 Å². The van der Waals surface area contributed by atoms with Gasteiger partial charge in [-0.05, 0) is 30.6 Å². The molecule has 2 aliphatic carbocycles. The van der Waals surface area contributed by atoms with E-state index in [1.165, 1.54) is 32.1 Å². The van der Waals surface area contributed by atoms with E-state index in [0.717, 1.165) is 17.8 Å². The summed E-state index contributed by atoms with van der Waals surface area (Å²) in [5, 5.41) is 0. The summed E-state index contributed by atoms with van der Waals surface area (Å²) < 4.78 is 0. The average Bonchev–Trinajstić information content (AvgIpc) is 2.25. The lowest BCUT2D eigenvalue weighted by Gasteiger charge is -2.48. The van der Waals surface area contributed by atoms with Gasteiger partial charge in [0.05, 0.1) is 0 Å². The Bertz CT molecular complexity index is 128. The molecular weight excluding hydrogens is 134 g/mol. The van der Waals surface area contributed by atoms with Crippen molar-refractivity contribution >= 4 is 0 Å². The Morgan fingerprint density at radius 2 is 1.64 bits per heavy atom. The van der Waals surface area contributed by atoms with Gasteiger partial charge in [0, 0.05) is 6.04 Å². The van der Waals surface area contributed by atoms with Gasteiger partial charge in [0.25, 0.3) is 0 Å². The van der Waals surface area contributed by atoms with Crippen molar-refractivity contribution in [3.8, 4) is 0 Å². The van der Waals surface area contributed by atoms with E-state index in [0.29, 0.717) is 6.04 Å². The van der Waals surface area contributed by atoms with Crippen LogP contribution >= 0.6 is 0 Å². The van der Waals surface area contributed by atoms with Crippen LogP contribution in [-0.4, -0.2) is 6.04 Å². The van der Waals surface area contributed by atoms with Crippen LogP contribution in [0.25, 0.3) is 0 Å². The maximum atomic E-state index is 6.05. The fraction of sp³-hybridized carbons (Fsp3) is 1.00. The smallest absolute Gasteiger partial charge is 0.00985 e. The fourth-order valence-electron chi connectivity index (χ4n) is 3.03. The predicted molar refractivity (Wildman–Crippen MR) is 47.2 cm³/mol. The van der Waals surface area contributed by atoms with E-state index in [4.69, 9.17) is 5.73 Å². The minimum atomic E-state index is 0.540. The Morgan fingerprint density at radius 1 is 1.00 bits per heavy atom. The summed E-state index contributed by atoms with van der Waals surface area (Å²) in [6.45, 7) is 2.33. The van der Waals surface area contributed by atoms with Crippen LogP contribution in [0, 0.1) is 17.8 Å². The van der Waals surface area contributed by atoms with Gasteiger partial charge in [-0.3, -0.25) is 0 Å². The quantitative estimate of drug-likeness (QED) is 0.567. The third-order valence-electron chi connectivity index (χ3n) is 3.90. The number of fused-ring (bicyclic) bond motifs is 1. The molecule has 0 aromatic rings. The van der Waals surface area contributed by atoms with Crippen molar-refractivity contribution in [1.82, 2.24) is 0 Å². The van der Waals surface area contributed by atoms with E-state index in [-0.39, 0.29) is 0 Å². The van der Waals surface area contributed by atoms with Crippen LogP contribution in [0.15, 0.2) is 0 Å². The highest BCUT2D eigenvalue weighted by molar-refractivity contribution is 4.98. The molecule has 0 heterocycles. The van der Waals surface area contributed by atoms with Crippen molar-refractivity contribution < 1.29 is 0 Å². The number of hydrogen-bond acceptors (Lipinski definition) is 1. The normalized spacial score (nSPS) is 50.7. The minimum Gasteiger partial charge on any atom is -0.327 e. The van der Waals surface area contributed by atoms with Crippen molar-refractivity contribution in [3.63, 3.8) is 0 Å². The molecule has 11 heavy (non-hydrogen) atoms. The predicted octanol–water partition coefficient (Wildman–Crippen LogP) is 2.16. The van der Waals surface area contributed by atoms with Crippen molar-refractivity contribution in [2.24, 2.45) is 23.5 Å². The largest absolute Gasteiger partial charge is 0.327 e. The Morgan fingerprint density at radius 3 is 2.36 bits per heavy atom. The molecule has 0 bridgehead atoms. The summed E-state index contributed by atoms with van der Waals surface area (Å²) in [5.74, 6) is 2.71. The number of rotatable bonds is 0. The third-order valence-corrected chi connectivity index (χ3v) is 3.90. The molecule has 2 rings (SSSR count). The molecule has 2 N–H and O–H groups in total. The first-order valence-corrected chi connectivity index (χ1v) is 5.06. The van der Waals surface area contributed by atoms with E-state index in [2.05, 4.69) is 6.92 Å². The Balaban J connectivity index is 1.99. The maximum absolute atomic E-state index is 6.05. The topological polar surface area (TPSA) is 26.0 Å². The van der Waals surface area contributed by atoms with Gasteiger partial charge < -0.3 is 5.73 Å². The van der Waals surface area contributed by atoms with Crippen LogP contribution in [0.5, 0.6) is 0 Å². The zero-order chi connectivity index (χ0) is 7.84. The summed E-state index contributed by atoms with van der Waals surface area (Å²) in [4.78, 5) is 0. The molecule has 1 heteroatoms. The van der Waals surface area contributed by atoms with E-state index >= 15 is 0 Å². The molecule has 1 nitrogen and oxygen atoms in total. The molecule has 4 unspecified atom stereocenters. The first-order valence-electron chi connectivity index (χ1n) is 5.06. The fourth-order valence-corrected chi connectivity index (χ4v) is 3.03. The molecule has 2 fully saturated rings. The Labute approximate surface area is 69.4 Å². The van der Waals surface area contributed by atoms with E-state index in [1.807, 2.05) is 0 Å². The van der Waals surface area contributed by atoms with Gasteiger partial charge in [-0.2, -0.15) is 0 Å². The SMILES string of the molecule is CC1C(N)C2CCCCCC12. The second-order valence-corrected chi connectivity index (χ2v) is 4.40. The lowest BCUT2D eigenvalue weighted by Crippen LogP contribution is -2.54. The highest BCUT2D eigenvalue weighted by atomic mass is 14.7. The van der Waals surface area contributed by atoms with Gasteiger partial charge >= 0.3 is 0 Å². The second-order valence-electron chi connectivity index (χ2n) is 4.40. The molecule has 0 aromatic carbocycles. The maximum Gasteiger partial charge on any atom is 0.00985 e. The zero-order valence-corrected chi connectivity index (χ0v) is 7.42. The van der Waals surface area contributed by atoms with Crippen molar-refractivity contribution in [2.75, 3.05) is 0 Å². The van der Waals surface area contributed by atoms with Crippen LogP contribution in [0.2, 0.25) is 0 Å². The van der Waals surface area contributed by atoms with Crippen LogP contribution in [0.1, 0.15) is 39.0 Å². The van der Waals surface area contributed by atoms with Crippen LogP contribution in [0.4, 0.5) is 0 Å².